The van der Waals surface area contributed by atoms with E-state index in [4.69, 9.17) is 18.9 Å². The van der Waals surface area contributed by atoms with E-state index in [1.54, 1.807) is 14.2 Å². The number of hydrogen-bond acceptors (Lipinski definition) is 4. The fourth-order valence-corrected chi connectivity index (χ4v) is 5.74. The average molecular weight is 511 g/mol. The van der Waals surface area contributed by atoms with Gasteiger partial charge in [0.2, 0.25) is 0 Å². The van der Waals surface area contributed by atoms with E-state index in [9.17, 15) is 0 Å². The lowest BCUT2D eigenvalue weighted by Crippen LogP contribution is -2.38. The molecule has 4 nitrogen and oxygen atoms in total. The molecule has 190 valence electrons. The number of rotatable bonds is 5. The number of para-hydroxylation sites is 1. The van der Waals surface area contributed by atoms with Crippen molar-refractivity contribution in [1.82, 2.24) is 0 Å². The molecular weight excluding hydrogens is 484 g/mol. The molecule has 4 heteroatoms. The van der Waals surface area contributed by atoms with Crippen molar-refractivity contribution in [2.75, 3.05) is 14.2 Å². The molecule has 0 bridgehead atoms. The van der Waals surface area contributed by atoms with E-state index in [1.807, 2.05) is 54.6 Å². The number of hydrogen-bond donors (Lipinski definition) is 0. The summed E-state index contributed by atoms with van der Waals surface area (Å²) in [6.45, 7) is 0. The lowest BCUT2D eigenvalue weighted by Gasteiger charge is -2.45. The Morgan fingerprint density at radius 2 is 1.18 bits per heavy atom. The summed E-state index contributed by atoms with van der Waals surface area (Å²) in [6.07, 6.45) is 0. The van der Waals surface area contributed by atoms with E-state index >= 15 is 0 Å². The normalized spacial score (nSPS) is 16.9. The highest BCUT2D eigenvalue weighted by molar-refractivity contribution is 6.00. The van der Waals surface area contributed by atoms with E-state index in [0.29, 0.717) is 0 Å². The third-order valence-electron chi connectivity index (χ3n) is 7.53. The van der Waals surface area contributed by atoms with Gasteiger partial charge in [-0.2, -0.15) is 0 Å². The maximum atomic E-state index is 7.41. The Morgan fingerprint density at radius 1 is 0.564 bits per heavy atom. The topological polar surface area (TPSA) is 36.9 Å². The molecule has 1 unspecified atom stereocenters. The second-order valence-corrected chi connectivity index (χ2v) is 9.59. The Kier molecular flexibility index (Phi) is 5.41. The van der Waals surface area contributed by atoms with Gasteiger partial charge >= 0.3 is 0 Å². The minimum absolute atomic E-state index is 0.785. The van der Waals surface area contributed by atoms with Gasteiger partial charge in [-0.3, -0.25) is 0 Å². The van der Waals surface area contributed by atoms with Crippen LogP contribution in [-0.4, -0.2) is 14.2 Å². The van der Waals surface area contributed by atoms with Crippen LogP contribution in [0.5, 0.6) is 23.0 Å². The van der Waals surface area contributed by atoms with Crippen molar-refractivity contribution in [2.45, 2.75) is 5.60 Å². The van der Waals surface area contributed by atoms with Gasteiger partial charge < -0.3 is 18.9 Å². The van der Waals surface area contributed by atoms with Gasteiger partial charge in [0, 0.05) is 22.3 Å². The highest BCUT2D eigenvalue weighted by Crippen LogP contribution is 2.60. The van der Waals surface area contributed by atoms with Crippen LogP contribution in [0.4, 0.5) is 0 Å². The second kappa shape index (κ2) is 9.10. The van der Waals surface area contributed by atoms with Gasteiger partial charge in [0.25, 0.3) is 0 Å². The molecule has 39 heavy (non-hydrogen) atoms. The molecule has 0 fully saturated rings. The van der Waals surface area contributed by atoms with Gasteiger partial charge in [0.1, 0.15) is 28.8 Å². The lowest BCUT2D eigenvalue weighted by molar-refractivity contribution is 0.104. The Labute approximate surface area is 227 Å². The summed E-state index contributed by atoms with van der Waals surface area (Å²) < 4.78 is 24.9. The molecule has 0 saturated heterocycles. The maximum absolute atomic E-state index is 7.41. The van der Waals surface area contributed by atoms with Crippen LogP contribution in [0.3, 0.4) is 0 Å². The predicted octanol–water partition coefficient (Wildman–Crippen LogP) is 8.05. The Bertz CT molecular complexity index is 1700. The molecule has 0 aromatic heterocycles. The quantitative estimate of drug-likeness (QED) is 0.240. The highest BCUT2D eigenvalue weighted by Gasteiger charge is 2.51. The monoisotopic (exact) mass is 510 g/mol. The van der Waals surface area contributed by atoms with Crippen LogP contribution < -0.4 is 14.2 Å². The molecule has 2 aliphatic rings. The lowest BCUT2D eigenvalue weighted by atomic mass is 9.72. The minimum Gasteiger partial charge on any atom is -0.497 e. The first kappa shape index (κ1) is 23.2. The maximum Gasteiger partial charge on any atom is 0.192 e. The molecule has 1 atom stereocenters. The summed E-state index contributed by atoms with van der Waals surface area (Å²) in [7, 11) is 3.35. The third-order valence-corrected chi connectivity index (χ3v) is 7.53. The summed E-state index contributed by atoms with van der Waals surface area (Å²) in [5, 5.41) is 0. The molecule has 7 rings (SSSR count). The fraction of sp³-hybridized carbons (Fsp3) is 0.0857. The Balaban J connectivity index is 1.59. The summed E-state index contributed by atoms with van der Waals surface area (Å²) in [5.74, 6) is 3.95. The first-order valence-corrected chi connectivity index (χ1v) is 12.9. The molecule has 0 saturated carbocycles. The molecule has 2 aliphatic heterocycles. The van der Waals surface area contributed by atoms with Crippen LogP contribution in [0.2, 0.25) is 0 Å². The van der Waals surface area contributed by atoms with Crippen molar-refractivity contribution in [3.8, 4) is 23.0 Å². The van der Waals surface area contributed by atoms with Crippen molar-refractivity contribution in [1.29, 1.82) is 0 Å². The van der Waals surface area contributed by atoms with Crippen LogP contribution >= 0.6 is 0 Å². The molecule has 5 aromatic rings. The molecule has 0 aliphatic carbocycles. The summed E-state index contributed by atoms with van der Waals surface area (Å²) >= 11 is 0. The highest BCUT2D eigenvalue weighted by atomic mass is 16.5. The summed E-state index contributed by atoms with van der Waals surface area (Å²) in [4.78, 5) is 0. The van der Waals surface area contributed by atoms with Gasteiger partial charge in [-0.15, -0.1) is 0 Å². The molecule has 2 heterocycles. The predicted molar refractivity (Wildman–Crippen MR) is 152 cm³/mol. The van der Waals surface area contributed by atoms with E-state index < -0.39 is 5.60 Å². The van der Waals surface area contributed by atoms with Gasteiger partial charge in [0.15, 0.2) is 5.60 Å². The first-order chi connectivity index (χ1) is 19.2. The van der Waals surface area contributed by atoms with Crippen molar-refractivity contribution in [3.05, 3.63) is 155 Å². The smallest absolute Gasteiger partial charge is 0.192 e. The number of benzene rings is 5. The van der Waals surface area contributed by atoms with Crippen LogP contribution in [0.1, 0.15) is 33.4 Å². The zero-order chi connectivity index (χ0) is 26.4. The molecule has 5 aromatic carbocycles. The van der Waals surface area contributed by atoms with E-state index in [-0.39, 0.29) is 0 Å². The van der Waals surface area contributed by atoms with Gasteiger partial charge in [0.05, 0.1) is 19.8 Å². The van der Waals surface area contributed by atoms with Crippen LogP contribution in [0, 0.1) is 0 Å². The number of ether oxygens (including phenoxy) is 4. The standard InChI is InChI=1S/C35H26O4/c1-36-26-19-15-23(16-20-26)32-28-11-8-14-31-33(28)35(25-9-4-3-5-10-25,29-12-6-7-13-30(29)38-31)39-34(32)24-17-21-27(37-2)22-18-24/h3-22H,1-2H3. The van der Waals surface area contributed by atoms with Crippen molar-refractivity contribution < 1.29 is 18.9 Å². The zero-order valence-electron chi connectivity index (χ0n) is 21.7. The fourth-order valence-electron chi connectivity index (χ4n) is 5.74. The van der Waals surface area contributed by atoms with Crippen LogP contribution in [0.15, 0.2) is 121 Å². The minimum atomic E-state index is -0.909. The molecule has 0 spiro atoms. The molecule has 0 amide bonds. The third kappa shape index (κ3) is 3.52. The number of fused-ring (bicyclic) bond motifs is 2. The molecule has 0 N–H and O–H groups in total. The molecular formula is C35H26O4. The van der Waals surface area contributed by atoms with Gasteiger partial charge in [-0.05, 0) is 59.7 Å². The summed E-state index contributed by atoms with van der Waals surface area (Å²) in [5.41, 5.74) is 6.13. The number of methoxy groups -OCH3 is 2. The van der Waals surface area contributed by atoms with Crippen molar-refractivity contribution >= 4 is 11.3 Å². The van der Waals surface area contributed by atoms with Crippen molar-refractivity contribution in [3.63, 3.8) is 0 Å². The molecule has 0 radical (unpaired) electrons. The van der Waals surface area contributed by atoms with Gasteiger partial charge in [-0.1, -0.05) is 72.8 Å². The van der Waals surface area contributed by atoms with E-state index in [2.05, 4.69) is 66.7 Å². The van der Waals surface area contributed by atoms with Crippen LogP contribution in [-0.2, 0) is 10.3 Å². The van der Waals surface area contributed by atoms with Gasteiger partial charge in [-0.25, -0.2) is 0 Å². The zero-order valence-corrected chi connectivity index (χ0v) is 21.7. The SMILES string of the molecule is COc1ccc(C2=C(c3ccc(OC)cc3)c3cccc4c3C(c3ccccc3)(O2)c2ccccc2O4)cc1. The average Bonchev–Trinajstić information content (AvgIpc) is 3.01. The van der Waals surface area contributed by atoms with E-state index in [0.717, 1.165) is 67.7 Å². The van der Waals surface area contributed by atoms with Crippen molar-refractivity contribution in [2.24, 2.45) is 0 Å². The Morgan fingerprint density at radius 3 is 1.87 bits per heavy atom. The summed E-state index contributed by atoms with van der Waals surface area (Å²) in [6, 6.07) is 41.0. The Hall–Kier alpha value is -4.96. The largest absolute Gasteiger partial charge is 0.497 e. The second-order valence-electron chi connectivity index (χ2n) is 9.59. The first-order valence-electron chi connectivity index (χ1n) is 12.9. The van der Waals surface area contributed by atoms with E-state index in [1.165, 1.54) is 0 Å². The van der Waals surface area contributed by atoms with Crippen LogP contribution in [0.25, 0.3) is 11.3 Å².